The van der Waals surface area contributed by atoms with Gasteiger partial charge in [0, 0.05) is 23.6 Å². The van der Waals surface area contributed by atoms with E-state index in [1.165, 1.54) is 12.1 Å². The van der Waals surface area contributed by atoms with E-state index in [9.17, 15) is 9.18 Å². The first-order chi connectivity index (χ1) is 12.6. The number of H-pyrrole nitrogens is 1. The number of carbonyl (C=O) groups is 1. The van der Waals surface area contributed by atoms with Crippen molar-refractivity contribution in [3.63, 3.8) is 0 Å². The third-order valence-corrected chi connectivity index (χ3v) is 4.52. The minimum atomic E-state index is -0.693. The molecule has 1 amide bonds. The Morgan fingerprint density at radius 1 is 1.19 bits per heavy atom. The minimum absolute atomic E-state index is 0.210. The standard InChI is InChI=1S/C20H19FN2O3/c1-12-19(26-18-5-3-2-4-17(18)25-12)20(24)22-9-8-13-11-23-16-10-14(21)6-7-15(13)16/h2-7,10-12,19,23H,8-9H2,1H3,(H,22,24). The number of ether oxygens (including phenoxy) is 2. The maximum absolute atomic E-state index is 13.2. The van der Waals surface area contributed by atoms with Gasteiger partial charge in [0.15, 0.2) is 11.5 Å². The van der Waals surface area contributed by atoms with E-state index >= 15 is 0 Å². The van der Waals surface area contributed by atoms with Crippen LogP contribution in [0.3, 0.4) is 0 Å². The number of carbonyl (C=O) groups excluding carboxylic acids is 1. The fourth-order valence-electron chi connectivity index (χ4n) is 3.19. The summed E-state index contributed by atoms with van der Waals surface area (Å²) in [6.07, 6.45) is 1.41. The SMILES string of the molecule is CC1Oc2ccccc2OC1C(=O)NCCc1c[nH]c2cc(F)ccc12. The highest BCUT2D eigenvalue weighted by atomic mass is 19.1. The summed E-state index contributed by atoms with van der Waals surface area (Å²) in [5.41, 5.74) is 1.78. The van der Waals surface area contributed by atoms with Crippen molar-refractivity contribution < 1.29 is 18.7 Å². The molecule has 1 aliphatic heterocycles. The number of fused-ring (bicyclic) bond motifs is 2. The Labute approximate surface area is 150 Å². The molecule has 0 bridgehead atoms. The number of aromatic nitrogens is 1. The van der Waals surface area contributed by atoms with Crippen molar-refractivity contribution in [1.29, 1.82) is 0 Å². The van der Waals surface area contributed by atoms with Gasteiger partial charge in [-0.3, -0.25) is 4.79 Å². The van der Waals surface area contributed by atoms with Gasteiger partial charge in [0.2, 0.25) is 6.10 Å². The molecule has 2 unspecified atom stereocenters. The van der Waals surface area contributed by atoms with Gasteiger partial charge < -0.3 is 19.8 Å². The lowest BCUT2D eigenvalue weighted by Gasteiger charge is -2.31. The number of rotatable bonds is 4. The number of aromatic amines is 1. The van der Waals surface area contributed by atoms with Crippen molar-refractivity contribution in [3.8, 4) is 11.5 Å². The molecule has 2 atom stereocenters. The molecule has 2 N–H and O–H groups in total. The van der Waals surface area contributed by atoms with Gasteiger partial charge >= 0.3 is 0 Å². The summed E-state index contributed by atoms with van der Waals surface area (Å²) in [6, 6.07) is 11.9. The summed E-state index contributed by atoms with van der Waals surface area (Å²) in [7, 11) is 0. The second kappa shape index (κ2) is 6.71. The topological polar surface area (TPSA) is 63.4 Å². The molecule has 0 saturated carbocycles. The van der Waals surface area contributed by atoms with Crippen LogP contribution in [0.15, 0.2) is 48.7 Å². The van der Waals surface area contributed by atoms with E-state index in [2.05, 4.69) is 10.3 Å². The normalized spacial score (nSPS) is 18.7. The summed E-state index contributed by atoms with van der Waals surface area (Å²) < 4.78 is 24.8. The van der Waals surface area contributed by atoms with Gasteiger partial charge in [0.25, 0.3) is 5.91 Å². The molecule has 2 aromatic carbocycles. The lowest BCUT2D eigenvalue weighted by Crippen LogP contribution is -2.49. The highest BCUT2D eigenvalue weighted by molar-refractivity contribution is 5.84. The van der Waals surface area contributed by atoms with Crippen molar-refractivity contribution in [2.24, 2.45) is 0 Å². The molecule has 1 aromatic heterocycles. The molecular formula is C20H19FN2O3. The summed E-state index contributed by atoms with van der Waals surface area (Å²) in [5, 5.41) is 3.85. The first-order valence-corrected chi connectivity index (χ1v) is 8.57. The predicted octanol–water partition coefficient (Wildman–Crippen LogP) is 3.19. The molecule has 3 aromatic rings. The fourth-order valence-corrected chi connectivity index (χ4v) is 3.19. The number of nitrogens with one attached hydrogen (secondary N) is 2. The van der Waals surface area contributed by atoms with Crippen molar-refractivity contribution in [2.45, 2.75) is 25.6 Å². The Morgan fingerprint density at radius 3 is 2.77 bits per heavy atom. The molecule has 0 aliphatic carbocycles. The summed E-state index contributed by atoms with van der Waals surface area (Å²) in [6.45, 7) is 2.27. The van der Waals surface area contributed by atoms with Crippen molar-refractivity contribution in [3.05, 3.63) is 60.0 Å². The van der Waals surface area contributed by atoms with Crippen molar-refractivity contribution >= 4 is 16.8 Å². The van der Waals surface area contributed by atoms with Crippen LogP contribution in [0, 0.1) is 5.82 Å². The molecule has 1 aliphatic rings. The van der Waals surface area contributed by atoms with Crippen molar-refractivity contribution in [1.82, 2.24) is 10.3 Å². The molecular weight excluding hydrogens is 335 g/mol. The van der Waals surface area contributed by atoms with Crippen LogP contribution in [0.25, 0.3) is 10.9 Å². The largest absolute Gasteiger partial charge is 0.482 e. The van der Waals surface area contributed by atoms with Gasteiger partial charge in [-0.15, -0.1) is 0 Å². The van der Waals surface area contributed by atoms with E-state index in [1.807, 2.05) is 31.3 Å². The number of amides is 1. The summed E-state index contributed by atoms with van der Waals surface area (Å²) in [4.78, 5) is 15.5. The predicted molar refractivity (Wildman–Crippen MR) is 95.9 cm³/mol. The average molecular weight is 354 g/mol. The van der Waals surface area contributed by atoms with Crippen LogP contribution in [0.4, 0.5) is 4.39 Å². The zero-order chi connectivity index (χ0) is 18.1. The third-order valence-electron chi connectivity index (χ3n) is 4.52. The van der Waals surface area contributed by atoms with Crippen LogP contribution in [0.5, 0.6) is 11.5 Å². The Hall–Kier alpha value is -3.02. The monoisotopic (exact) mass is 354 g/mol. The molecule has 0 spiro atoms. The second-order valence-corrected chi connectivity index (χ2v) is 6.35. The Bertz CT molecular complexity index is 953. The van der Waals surface area contributed by atoms with Crippen LogP contribution in [0.1, 0.15) is 12.5 Å². The first-order valence-electron chi connectivity index (χ1n) is 8.57. The van der Waals surface area contributed by atoms with Gasteiger partial charge in [-0.2, -0.15) is 0 Å². The number of hydrogen-bond acceptors (Lipinski definition) is 3. The summed E-state index contributed by atoms with van der Waals surface area (Å²) >= 11 is 0. The van der Waals surface area contributed by atoms with Gasteiger partial charge in [0.1, 0.15) is 11.9 Å². The number of halogens is 1. The minimum Gasteiger partial charge on any atom is -0.482 e. The quantitative estimate of drug-likeness (QED) is 0.756. The highest BCUT2D eigenvalue weighted by Gasteiger charge is 2.33. The Morgan fingerprint density at radius 2 is 1.96 bits per heavy atom. The molecule has 26 heavy (non-hydrogen) atoms. The highest BCUT2D eigenvalue weighted by Crippen LogP contribution is 2.33. The van der Waals surface area contributed by atoms with Gasteiger partial charge in [-0.25, -0.2) is 4.39 Å². The zero-order valence-electron chi connectivity index (χ0n) is 14.3. The first kappa shape index (κ1) is 16.4. The van der Waals surface area contributed by atoms with E-state index < -0.39 is 6.10 Å². The van der Waals surface area contributed by atoms with E-state index in [0.717, 1.165) is 16.5 Å². The molecule has 0 fully saturated rings. The Kier molecular flexibility index (Phi) is 4.24. The molecule has 6 heteroatoms. The van der Waals surface area contributed by atoms with Crippen LogP contribution < -0.4 is 14.8 Å². The average Bonchev–Trinajstić information content (AvgIpc) is 3.03. The number of benzene rings is 2. The summed E-state index contributed by atoms with van der Waals surface area (Å²) in [5.74, 6) is 0.736. The second-order valence-electron chi connectivity index (χ2n) is 6.35. The Balaban J connectivity index is 1.38. The van der Waals surface area contributed by atoms with Crippen LogP contribution >= 0.6 is 0 Å². The van der Waals surface area contributed by atoms with Crippen LogP contribution in [0.2, 0.25) is 0 Å². The molecule has 134 valence electrons. The lowest BCUT2D eigenvalue weighted by atomic mass is 10.1. The molecule has 5 nitrogen and oxygen atoms in total. The number of hydrogen-bond donors (Lipinski definition) is 2. The van der Waals surface area contributed by atoms with E-state index in [4.69, 9.17) is 9.47 Å². The van der Waals surface area contributed by atoms with Gasteiger partial charge in [-0.05, 0) is 49.2 Å². The van der Waals surface area contributed by atoms with Crippen molar-refractivity contribution in [2.75, 3.05) is 6.54 Å². The molecule has 4 rings (SSSR count). The third kappa shape index (κ3) is 3.10. The van der Waals surface area contributed by atoms with E-state index in [1.54, 1.807) is 12.1 Å². The van der Waals surface area contributed by atoms with Crippen LogP contribution in [-0.2, 0) is 11.2 Å². The maximum Gasteiger partial charge on any atom is 0.265 e. The van der Waals surface area contributed by atoms with E-state index in [-0.39, 0.29) is 17.8 Å². The number of para-hydroxylation sites is 2. The molecule has 0 radical (unpaired) electrons. The lowest BCUT2D eigenvalue weighted by molar-refractivity contribution is -0.133. The fraction of sp³-hybridized carbons (Fsp3) is 0.250. The molecule has 0 saturated heterocycles. The van der Waals surface area contributed by atoms with Gasteiger partial charge in [0.05, 0.1) is 0 Å². The van der Waals surface area contributed by atoms with Crippen LogP contribution in [-0.4, -0.2) is 29.6 Å². The van der Waals surface area contributed by atoms with Gasteiger partial charge in [-0.1, -0.05) is 12.1 Å². The van der Waals surface area contributed by atoms with E-state index in [0.29, 0.717) is 24.5 Å². The smallest absolute Gasteiger partial charge is 0.265 e. The molecule has 2 heterocycles. The zero-order valence-corrected chi connectivity index (χ0v) is 14.3. The maximum atomic E-state index is 13.2.